The molecule has 2 aromatic heterocycles. The standard InChI is InChI=1S/C17H22N4O6S2/c1-3-27-16(23)13(22)11-20-17(24)21(14-5-4-10-28-14)15(18-20)12-6-8-19(9-7-12)29(2,25)26/h4-5,10,12H,3,6-9,11H2,1-2H3. The van der Waals surface area contributed by atoms with Crippen molar-refractivity contribution in [2.24, 2.45) is 0 Å². The second-order valence-corrected chi connectivity index (χ2v) is 9.57. The third-order valence-corrected chi connectivity index (χ3v) is 6.83. The fourth-order valence-corrected chi connectivity index (χ4v) is 4.86. The topological polar surface area (TPSA) is 121 Å². The summed E-state index contributed by atoms with van der Waals surface area (Å²) in [4.78, 5) is 36.6. The molecule has 0 aliphatic carbocycles. The number of carbonyl (C=O) groups excluding carboxylic acids is 2. The number of ketones is 1. The summed E-state index contributed by atoms with van der Waals surface area (Å²) in [7, 11) is -3.27. The van der Waals surface area contributed by atoms with Gasteiger partial charge in [-0.25, -0.2) is 31.6 Å². The van der Waals surface area contributed by atoms with Crippen LogP contribution >= 0.6 is 11.3 Å². The molecular weight excluding hydrogens is 420 g/mol. The van der Waals surface area contributed by atoms with Crippen molar-refractivity contribution in [2.75, 3.05) is 26.0 Å². The Kier molecular flexibility index (Phi) is 6.34. The molecule has 1 fully saturated rings. The van der Waals surface area contributed by atoms with E-state index in [2.05, 4.69) is 9.84 Å². The molecule has 0 N–H and O–H groups in total. The van der Waals surface area contributed by atoms with E-state index in [1.165, 1.54) is 26.5 Å². The van der Waals surface area contributed by atoms with Gasteiger partial charge in [0, 0.05) is 19.0 Å². The molecule has 3 heterocycles. The molecule has 29 heavy (non-hydrogen) atoms. The molecule has 0 atom stereocenters. The first kappa shape index (κ1) is 21.4. The van der Waals surface area contributed by atoms with Gasteiger partial charge in [0.1, 0.15) is 17.4 Å². The van der Waals surface area contributed by atoms with Gasteiger partial charge in [0.05, 0.1) is 12.9 Å². The van der Waals surface area contributed by atoms with Crippen LogP contribution in [0.1, 0.15) is 31.5 Å². The number of hydrogen-bond donors (Lipinski definition) is 0. The van der Waals surface area contributed by atoms with Crippen molar-refractivity contribution in [3.05, 3.63) is 33.8 Å². The zero-order valence-corrected chi connectivity index (χ0v) is 17.7. The van der Waals surface area contributed by atoms with Gasteiger partial charge in [-0.2, -0.15) is 5.10 Å². The first-order chi connectivity index (χ1) is 13.7. The van der Waals surface area contributed by atoms with Crippen LogP contribution in [0.15, 0.2) is 22.3 Å². The van der Waals surface area contributed by atoms with Crippen LogP contribution in [0.2, 0.25) is 0 Å². The van der Waals surface area contributed by atoms with Crippen LogP contribution in [-0.4, -0.2) is 64.8 Å². The van der Waals surface area contributed by atoms with E-state index >= 15 is 0 Å². The molecule has 0 radical (unpaired) electrons. The summed E-state index contributed by atoms with van der Waals surface area (Å²) >= 11 is 1.35. The minimum atomic E-state index is -3.27. The smallest absolute Gasteiger partial charge is 0.376 e. The number of Topliss-reactive ketones (excluding diaryl/α,β-unsaturated/α-hetero) is 1. The van der Waals surface area contributed by atoms with E-state index in [9.17, 15) is 22.8 Å². The summed E-state index contributed by atoms with van der Waals surface area (Å²) in [6.45, 7) is 1.80. The van der Waals surface area contributed by atoms with E-state index in [0.29, 0.717) is 36.8 Å². The van der Waals surface area contributed by atoms with Gasteiger partial charge in [0.15, 0.2) is 0 Å². The SMILES string of the molecule is CCOC(=O)C(=O)Cn1nc(C2CCN(S(C)(=O)=O)CC2)n(-c2cccs2)c1=O. The number of piperidine rings is 1. The Labute approximate surface area is 171 Å². The van der Waals surface area contributed by atoms with E-state index in [0.717, 1.165) is 4.68 Å². The number of rotatable bonds is 7. The number of hydrogen-bond acceptors (Lipinski definition) is 8. The van der Waals surface area contributed by atoms with E-state index in [-0.39, 0.29) is 12.5 Å². The molecule has 12 heteroatoms. The first-order valence-electron chi connectivity index (χ1n) is 9.11. The van der Waals surface area contributed by atoms with E-state index < -0.39 is 34.0 Å². The summed E-state index contributed by atoms with van der Waals surface area (Å²) in [5.41, 5.74) is -0.523. The van der Waals surface area contributed by atoms with Crippen LogP contribution in [-0.2, 0) is 30.9 Å². The third kappa shape index (κ3) is 4.65. The van der Waals surface area contributed by atoms with E-state index in [1.807, 2.05) is 5.38 Å². The Morgan fingerprint density at radius 2 is 2.00 bits per heavy atom. The first-order valence-corrected chi connectivity index (χ1v) is 11.8. The summed E-state index contributed by atoms with van der Waals surface area (Å²) in [6, 6.07) is 3.56. The zero-order valence-electron chi connectivity index (χ0n) is 16.1. The fourth-order valence-electron chi connectivity index (χ4n) is 3.25. The molecule has 158 valence electrons. The minimum absolute atomic E-state index is 0.0628. The maximum absolute atomic E-state index is 12.9. The van der Waals surface area contributed by atoms with Crippen molar-refractivity contribution in [3.63, 3.8) is 0 Å². The lowest BCUT2D eigenvalue weighted by atomic mass is 9.97. The summed E-state index contributed by atoms with van der Waals surface area (Å²) in [5.74, 6) is -1.56. The largest absolute Gasteiger partial charge is 0.460 e. The van der Waals surface area contributed by atoms with Crippen LogP contribution in [0.25, 0.3) is 5.00 Å². The summed E-state index contributed by atoms with van der Waals surface area (Å²) < 4.78 is 32.0. The molecular formula is C17H22N4O6S2. The van der Waals surface area contributed by atoms with Crippen molar-refractivity contribution in [3.8, 4) is 5.00 Å². The quantitative estimate of drug-likeness (QED) is 0.449. The molecule has 2 aromatic rings. The number of thiophene rings is 1. The van der Waals surface area contributed by atoms with Crippen molar-refractivity contribution in [2.45, 2.75) is 32.2 Å². The third-order valence-electron chi connectivity index (χ3n) is 4.68. The van der Waals surface area contributed by atoms with Gasteiger partial charge in [-0.1, -0.05) is 0 Å². The Balaban J connectivity index is 1.92. The second-order valence-electron chi connectivity index (χ2n) is 6.67. The number of ether oxygens (including phenoxy) is 1. The molecule has 1 saturated heterocycles. The Morgan fingerprint density at radius 3 is 2.55 bits per heavy atom. The predicted octanol–water partition coefficient (Wildman–Crippen LogP) is 0.367. The normalized spacial score (nSPS) is 16.1. The second kappa shape index (κ2) is 8.59. The maximum atomic E-state index is 12.9. The molecule has 0 aromatic carbocycles. The van der Waals surface area contributed by atoms with Gasteiger partial charge in [-0.3, -0.25) is 4.79 Å². The highest BCUT2D eigenvalue weighted by Gasteiger charge is 2.31. The lowest BCUT2D eigenvalue weighted by Crippen LogP contribution is -2.37. The lowest BCUT2D eigenvalue weighted by molar-refractivity contribution is -0.153. The van der Waals surface area contributed by atoms with Crippen LogP contribution < -0.4 is 5.69 Å². The molecule has 0 unspecified atom stereocenters. The molecule has 3 rings (SSSR count). The highest BCUT2D eigenvalue weighted by molar-refractivity contribution is 7.88. The zero-order chi connectivity index (χ0) is 21.2. The highest BCUT2D eigenvalue weighted by atomic mass is 32.2. The molecule has 0 saturated carbocycles. The lowest BCUT2D eigenvalue weighted by Gasteiger charge is -2.29. The van der Waals surface area contributed by atoms with Gasteiger partial charge in [-0.05, 0) is 37.3 Å². The molecule has 10 nitrogen and oxygen atoms in total. The van der Waals surface area contributed by atoms with Crippen LogP contribution in [0.5, 0.6) is 0 Å². The highest BCUT2D eigenvalue weighted by Crippen LogP contribution is 2.29. The van der Waals surface area contributed by atoms with Crippen LogP contribution in [0.3, 0.4) is 0 Å². The van der Waals surface area contributed by atoms with Gasteiger partial charge < -0.3 is 4.74 Å². The maximum Gasteiger partial charge on any atom is 0.376 e. The molecule has 1 aliphatic heterocycles. The molecule has 1 aliphatic rings. The number of carbonyl (C=O) groups is 2. The van der Waals surface area contributed by atoms with Crippen molar-refractivity contribution < 1.29 is 22.7 Å². The number of sulfonamides is 1. The minimum Gasteiger partial charge on any atom is -0.460 e. The van der Waals surface area contributed by atoms with Gasteiger partial charge >= 0.3 is 11.7 Å². The fraction of sp³-hybridized carbons (Fsp3) is 0.529. The Bertz CT molecular complexity index is 1050. The van der Waals surface area contributed by atoms with E-state index in [4.69, 9.17) is 0 Å². The number of esters is 1. The number of nitrogens with zero attached hydrogens (tertiary/aromatic N) is 4. The Hall–Kier alpha value is -2.31. The predicted molar refractivity (Wildman–Crippen MR) is 106 cm³/mol. The average Bonchev–Trinajstić information content (AvgIpc) is 3.30. The molecule has 0 spiro atoms. The van der Waals surface area contributed by atoms with Crippen molar-refractivity contribution in [1.29, 1.82) is 0 Å². The molecule has 0 bridgehead atoms. The summed E-state index contributed by atoms with van der Waals surface area (Å²) in [5, 5.41) is 6.80. The van der Waals surface area contributed by atoms with Crippen molar-refractivity contribution in [1.82, 2.24) is 18.7 Å². The number of aromatic nitrogens is 3. The molecule has 0 amide bonds. The summed E-state index contributed by atoms with van der Waals surface area (Å²) in [6.07, 6.45) is 2.17. The van der Waals surface area contributed by atoms with Crippen LogP contribution in [0, 0.1) is 0 Å². The van der Waals surface area contributed by atoms with Crippen LogP contribution in [0.4, 0.5) is 0 Å². The van der Waals surface area contributed by atoms with Gasteiger partial charge in [0.25, 0.3) is 5.78 Å². The Morgan fingerprint density at radius 1 is 1.31 bits per heavy atom. The van der Waals surface area contributed by atoms with E-state index in [1.54, 1.807) is 19.1 Å². The van der Waals surface area contributed by atoms with Crippen molar-refractivity contribution >= 4 is 33.1 Å². The average molecular weight is 443 g/mol. The van der Waals surface area contributed by atoms with Gasteiger partial charge in [-0.15, -0.1) is 11.3 Å². The monoisotopic (exact) mass is 442 g/mol. The van der Waals surface area contributed by atoms with Gasteiger partial charge in [0.2, 0.25) is 10.0 Å².